The first-order valence-electron chi connectivity index (χ1n) is 13.7. The topological polar surface area (TPSA) is 73.9 Å². The van der Waals surface area contributed by atoms with Crippen molar-refractivity contribution in [3.63, 3.8) is 0 Å². The number of hydrogen-bond acceptors (Lipinski definition) is 7. The first kappa shape index (κ1) is 26.5. The number of likely N-dealkylation sites (N-methyl/N-ethyl adjacent to an activating group) is 1. The van der Waals surface area contributed by atoms with Crippen LogP contribution in [-0.2, 0) is 37.0 Å². The van der Waals surface area contributed by atoms with Crippen molar-refractivity contribution in [1.82, 2.24) is 10.2 Å². The minimum absolute atomic E-state index is 0.261. The Bertz CT molecular complexity index is 1160. The van der Waals surface area contributed by atoms with Crippen molar-refractivity contribution in [1.29, 1.82) is 0 Å². The van der Waals surface area contributed by atoms with Crippen molar-refractivity contribution in [3.05, 3.63) is 32.0 Å². The molecule has 3 heterocycles. The average Bonchev–Trinajstić information content (AvgIpc) is 3.40. The van der Waals surface area contributed by atoms with Crippen molar-refractivity contribution < 1.29 is 14.3 Å². The smallest absolute Gasteiger partial charge is 0.341 e. The highest BCUT2D eigenvalue weighted by molar-refractivity contribution is 7.17. The molecule has 2 aromatic rings. The summed E-state index contributed by atoms with van der Waals surface area (Å²) in [5.74, 6) is -0.341. The zero-order chi connectivity index (χ0) is 26.2. The minimum Gasteiger partial charge on any atom is -0.456 e. The van der Waals surface area contributed by atoms with Crippen LogP contribution in [0.2, 0.25) is 0 Å². The number of aryl methyl sites for hydroxylation is 2. The van der Waals surface area contributed by atoms with Gasteiger partial charge in [-0.25, -0.2) is 9.59 Å². The zero-order valence-corrected chi connectivity index (χ0v) is 24.3. The summed E-state index contributed by atoms with van der Waals surface area (Å²) in [4.78, 5) is 33.9. The molecule has 1 fully saturated rings. The lowest BCUT2D eigenvalue weighted by atomic mass is 9.95. The van der Waals surface area contributed by atoms with Gasteiger partial charge in [-0.05, 0) is 90.3 Å². The summed E-state index contributed by atoms with van der Waals surface area (Å²) in [5, 5.41) is 8.12. The molecule has 5 rings (SSSR count). The van der Waals surface area contributed by atoms with Gasteiger partial charge in [0.15, 0.2) is 0 Å². The van der Waals surface area contributed by atoms with Crippen LogP contribution in [0.15, 0.2) is 0 Å². The number of nitrogens with one attached hydrogen (secondary N) is 2. The molecular formula is C28H40N4O3S2. The van der Waals surface area contributed by atoms with Gasteiger partial charge in [0, 0.05) is 48.0 Å². The first-order chi connectivity index (χ1) is 17.7. The molecule has 0 saturated carbocycles. The quantitative estimate of drug-likeness (QED) is 0.480. The van der Waals surface area contributed by atoms with Gasteiger partial charge in [-0.15, -0.1) is 22.7 Å². The number of anilines is 2. The van der Waals surface area contributed by atoms with Gasteiger partial charge in [-0.1, -0.05) is 0 Å². The monoisotopic (exact) mass is 544 g/mol. The fourth-order valence-electron chi connectivity index (χ4n) is 5.58. The van der Waals surface area contributed by atoms with Crippen molar-refractivity contribution in [2.45, 2.75) is 84.3 Å². The molecule has 1 aliphatic heterocycles. The van der Waals surface area contributed by atoms with Crippen LogP contribution in [-0.4, -0.2) is 55.7 Å². The van der Waals surface area contributed by atoms with Crippen LogP contribution in [0, 0.1) is 0 Å². The Morgan fingerprint density at radius 1 is 0.892 bits per heavy atom. The van der Waals surface area contributed by atoms with Gasteiger partial charge >= 0.3 is 12.0 Å². The Balaban J connectivity index is 1.33. The van der Waals surface area contributed by atoms with Crippen LogP contribution >= 0.6 is 22.7 Å². The number of piperazine rings is 1. The molecule has 2 N–H and O–H groups in total. The van der Waals surface area contributed by atoms with Gasteiger partial charge in [0.25, 0.3) is 0 Å². The molecular weight excluding hydrogens is 504 g/mol. The van der Waals surface area contributed by atoms with Crippen molar-refractivity contribution in [2.75, 3.05) is 43.4 Å². The third kappa shape index (κ3) is 5.99. The summed E-state index contributed by atoms with van der Waals surface area (Å²) < 4.78 is 5.73. The maximum absolute atomic E-state index is 13.2. The molecule has 0 unspecified atom stereocenters. The Labute approximate surface area is 228 Å². The molecule has 0 aromatic carbocycles. The van der Waals surface area contributed by atoms with Crippen molar-refractivity contribution >= 4 is 44.7 Å². The van der Waals surface area contributed by atoms with Gasteiger partial charge in [-0.2, -0.15) is 0 Å². The summed E-state index contributed by atoms with van der Waals surface area (Å²) in [5.41, 5.74) is 3.77. The molecule has 0 bridgehead atoms. The Morgan fingerprint density at radius 2 is 1.51 bits per heavy atom. The second-order valence-corrected chi connectivity index (χ2v) is 13.7. The summed E-state index contributed by atoms with van der Waals surface area (Å²) in [6.07, 6.45) is 8.69. The molecule has 2 aliphatic carbocycles. The number of ether oxygens (including phenoxy) is 1. The van der Waals surface area contributed by atoms with Crippen molar-refractivity contribution in [2.24, 2.45) is 0 Å². The second-order valence-electron chi connectivity index (χ2n) is 11.5. The Morgan fingerprint density at radius 3 is 2.19 bits per heavy atom. The first-order valence-corrected chi connectivity index (χ1v) is 15.3. The van der Waals surface area contributed by atoms with E-state index in [2.05, 4.69) is 27.5 Å². The predicted molar refractivity (Wildman–Crippen MR) is 153 cm³/mol. The molecule has 2 aromatic heterocycles. The maximum atomic E-state index is 13.2. The van der Waals surface area contributed by atoms with E-state index in [0.717, 1.165) is 70.3 Å². The van der Waals surface area contributed by atoms with E-state index in [1.807, 2.05) is 32.1 Å². The highest BCUT2D eigenvalue weighted by Crippen LogP contribution is 2.41. The molecule has 0 radical (unpaired) electrons. The summed E-state index contributed by atoms with van der Waals surface area (Å²) in [7, 11) is 2.18. The highest BCUT2D eigenvalue weighted by atomic mass is 32.1. The molecule has 202 valence electrons. The lowest BCUT2D eigenvalue weighted by Gasteiger charge is -2.34. The summed E-state index contributed by atoms with van der Waals surface area (Å²) in [6.45, 7) is 10.3. The van der Waals surface area contributed by atoms with E-state index < -0.39 is 5.60 Å². The molecule has 9 heteroatoms. The number of carbonyl (C=O) groups is 2. The zero-order valence-electron chi connectivity index (χ0n) is 22.6. The van der Waals surface area contributed by atoms with E-state index in [4.69, 9.17) is 4.74 Å². The number of carbonyl (C=O) groups excluding carboxylic acids is 2. The lowest BCUT2D eigenvalue weighted by Crippen LogP contribution is -2.44. The SMILES string of the molecule is CN1CCN(c2sc3c(c2CNC(=O)Nc2sc4c(c2C(=O)OC(C)(C)C)CCCC4)CCCC3)CC1. The molecule has 37 heavy (non-hydrogen) atoms. The fourth-order valence-corrected chi connectivity index (χ4v) is 8.31. The predicted octanol–water partition coefficient (Wildman–Crippen LogP) is 5.60. The number of fused-ring (bicyclic) bond motifs is 2. The van der Waals surface area contributed by atoms with E-state index >= 15 is 0 Å². The largest absolute Gasteiger partial charge is 0.456 e. The number of nitrogens with zero attached hydrogens (tertiary/aromatic N) is 2. The number of hydrogen-bond donors (Lipinski definition) is 2. The molecule has 0 spiro atoms. The number of esters is 1. The number of amides is 2. The normalized spacial score (nSPS) is 18.2. The Kier molecular flexibility index (Phi) is 7.84. The van der Waals surface area contributed by atoms with E-state index in [1.165, 1.54) is 50.1 Å². The number of rotatable bonds is 5. The molecule has 0 atom stereocenters. The minimum atomic E-state index is -0.586. The van der Waals surface area contributed by atoms with Gasteiger partial charge < -0.3 is 19.9 Å². The van der Waals surface area contributed by atoms with Gasteiger partial charge in [0.1, 0.15) is 10.6 Å². The lowest BCUT2D eigenvalue weighted by molar-refractivity contribution is 0.00699. The third-order valence-electron chi connectivity index (χ3n) is 7.48. The van der Waals surface area contributed by atoms with Crippen LogP contribution in [0.4, 0.5) is 14.8 Å². The summed E-state index contributed by atoms with van der Waals surface area (Å²) >= 11 is 3.46. The third-order valence-corrected chi connectivity index (χ3v) is 10.1. The van der Waals surface area contributed by atoms with E-state index in [1.54, 1.807) is 0 Å². The molecule has 2 amide bonds. The molecule has 1 saturated heterocycles. The standard InChI is InChI=1S/C28H40N4O3S2/c1-28(2,3)35-26(33)23-19-10-6-8-12-22(19)36-24(23)30-27(34)29-17-20-18-9-5-7-11-21(18)37-25(20)32-15-13-31(4)14-16-32/h5-17H2,1-4H3,(H2,29,30,34). The molecule has 7 nitrogen and oxygen atoms in total. The fraction of sp³-hybridized carbons (Fsp3) is 0.643. The summed E-state index contributed by atoms with van der Waals surface area (Å²) in [6, 6.07) is -0.261. The highest BCUT2D eigenvalue weighted by Gasteiger charge is 2.30. The van der Waals surface area contributed by atoms with Gasteiger partial charge in [0.05, 0.1) is 10.6 Å². The van der Waals surface area contributed by atoms with E-state index in [-0.39, 0.29) is 12.0 Å². The Hall–Kier alpha value is -2.10. The second kappa shape index (κ2) is 10.9. The molecule has 3 aliphatic rings. The van der Waals surface area contributed by atoms with Crippen LogP contribution < -0.4 is 15.5 Å². The van der Waals surface area contributed by atoms with E-state index in [9.17, 15) is 9.59 Å². The van der Waals surface area contributed by atoms with Crippen LogP contribution in [0.1, 0.15) is 83.3 Å². The van der Waals surface area contributed by atoms with Crippen LogP contribution in [0.25, 0.3) is 0 Å². The van der Waals surface area contributed by atoms with Gasteiger partial charge in [-0.3, -0.25) is 5.32 Å². The number of urea groups is 1. The number of thiophene rings is 2. The average molecular weight is 545 g/mol. The van der Waals surface area contributed by atoms with Gasteiger partial charge in [0.2, 0.25) is 0 Å². The van der Waals surface area contributed by atoms with E-state index in [0.29, 0.717) is 17.1 Å². The van der Waals surface area contributed by atoms with Crippen LogP contribution in [0.3, 0.4) is 0 Å². The maximum Gasteiger partial charge on any atom is 0.341 e. The van der Waals surface area contributed by atoms with Crippen molar-refractivity contribution in [3.8, 4) is 0 Å². The van der Waals surface area contributed by atoms with Crippen LogP contribution in [0.5, 0.6) is 0 Å².